The molecule has 1 fully saturated rings. The first kappa shape index (κ1) is 14.5. The highest BCUT2D eigenvalue weighted by Crippen LogP contribution is 2.18. The average molecular weight is 242 g/mol. The molecule has 100 valence electrons. The van der Waals surface area contributed by atoms with Crippen molar-refractivity contribution in [3.8, 4) is 0 Å². The summed E-state index contributed by atoms with van der Waals surface area (Å²) in [5.74, 6) is 0.162. The van der Waals surface area contributed by atoms with Gasteiger partial charge in [0.25, 0.3) is 0 Å². The molecule has 0 aliphatic carbocycles. The first-order chi connectivity index (χ1) is 8.03. The van der Waals surface area contributed by atoms with Crippen LogP contribution in [0.15, 0.2) is 0 Å². The number of hydrogen-bond acceptors (Lipinski definition) is 3. The number of nitrogens with one attached hydrogen (secondary N) is 2. The van der Waals surface area contributed by atoms with Gasteiger partial charge >= 0.3 is 0 Å². The van der Waals surface area contributed by atoms with E-state index in [1.54, 1.807) is 7.11 Å². The Morgan fingerprint density at radius 3 is 2.88 bits per heavy atom. The third-order valence-corrected chi connectivity index (χ3v) is 3.34. The predicted molar refractivity (Wildman–Crippen MR) is 68.9 cm³/mol. The quantitative estimate of drug-likeness (QED) is 0.707. The second kappa shape index (κ2) is 6.97. The minimum atomic E-state index is 0.106. The van der Waals surface area contributed by atoms with E-state index in [0.29, 0.717) is 12.5 Å². The highest BCUT2D eigenvalue weighted by molar-refractivity contribution is 5.76. The zero-order valence-corrected chi connectivity index (χ0v) is 11.3. The van der Waals surface area contributed by atoms with E-state index in [9.17, 15) is 4.79 Å². The Morgan fingerprint density at radius 2 is 2.29 bits per heavy atom. The summed E-state index contributed by atoms with van der Waals surface area (Å²) in [5, 5.41) is 6.36. The molecule has 0 aromatic carbocycles. The van der Waals surface area contributed by atoms with Crippen LogP contribution in [0.2, 0.25) is 0 Å². The van der Waals surface area contributed by atoms with Gasteiger partial charge in [-0.15, -0.1) is 0 Å². The van der Waals surface area contributed by atoms with E-state index in [1.165, 1.54) is 6.42 Å². The summed E-state index contributed by atoms with van der Waals surface area (Å²) in [7, 11) is 1.71. The van der Waals surface area contributed by atoms with Gasteiger partial charge in [-0.25, -0.2) is 0 Å². The maximum atomic E-state index is 11.7. The molecule has 0 radical (unpaired) electrons. The van der Waals surface area contributed by atoms with Gasteiger partial charge in [0.2, 0.25) is 5.91 Å². The van der Waals surface area contributed by atoms with E-state index < -0.39 is 0 Å². The lowest BCUT2D eigenvalue weighted by molar-refractivity contribution is -0.122. The van der Waals surface area contributed by atoms with Crippen LogP contribution in [0.5, 0.6) is 0 Å². The molecule has 1 amide bonds. The van der Waals surface area contributed by atoms with E-state index in [1.807, 2.05) is 0 Å². The van der Waals surface area contributed by atoms with Crippen molar-refractivity contribution in [1.29, 1.82) is 0 Å². The van der Waals surface area contributed by atoms with Gasteiger partial charge in [-0.3, -0.25) is 4.79 Å². The van der Waals surface area contributed by atoms with Gasteiger partial charge in [-0.05, 0) is 31.2 Å². The monoisotopic (exact) mass is 242 g/mol. The van der Waals surface area contributed by atoms with Crippen LogP contribution in [-0.4, -0.2) is 38.8 Å². The van der Waals surface area contributed by atoms with Gasteiger partial charge in [0.15, 0.2) is 0 Å². The average Bonchev–Trinajstić information content (AvgIpc) is 2.77. The molecule has 0 spiro atoms. The molecule has 1 atom stereocenters. The lowest BCUT2D eigenvalue weighted by Crippen LogP contribution is -2.37. The van der Waals surface area contributed by atoms with Crippen molar-refractivity contribution in [3.63, 3.8) is 0 Å². The van der Waals surface area contributed by atoms with Crippen molar-refractivity contribution in [1.82, 2.24) is 10.6 Å². The summed E-state index contributed by atoms with van der Waals surface area (Å²) < 4.78 is 5.07. The second-order valence-corrected chi connectivity index (χ2v) is 5.68. The summed E-state index contributed by atoms with van der Waals surface area (Å²) in [6, 6.07) is 0.386. The molecular weight excluding hydrogens is 216 g/mol. The molecule has 1 heterocycles. The van der Waals surface area contributed by atoms with Gasteiger partial charge < -0.3 is 15.4 Å². The molecule has 0 aromatic rings. The van der Waals surface area contributed by atoms with E-state index in [2.05, 4.69) is 24.5 Å². The van der Waals surface area contributed by atoms with Crippen LogP contribution in [0.3, 0.4) is 0 Å². The number of carbonyl (C=O) groups is 1. The van der Waals surface area contributed by atoms with Crippen LogP contribution in [0.25, 0.3) is 0 Å². The Kier molecular flexibility index (Phi) is 5.92. The Hall–Kier alpha value is -0.610. The fraction of sp³-hybridized carbons (Fsp3) is 0.923. The van der Waals surface area contributed by atoms with Gasteiger partial charge in [-0.2, -0.15) is 0 Å². The topological polar surface area (TPSA) is 50.4 Å². The van der Waals surface area contributed by atoms with Gasteiger partial charge in [-0.1, -0.05) is 13.8 Å². The van der Waals surface area contributed by atoms with Gasteiger partial charge in [0, 0.05) is 32.7 Å². The smallest absolute Gasteiger partial charge is 0.221 e. The SMILES string of the molecule is COCCC(C)(C)CNC(=O)CC1CCCN1. The van der Waals surface area contributed by atoms with Crippen molar-refractivity contribution >= 4 is 5.91 Å². The normalized spacial score (nSPS) is 20.5. The van der Waals surface area contributed by atoms with Crippen LogP contribution in [0.1, 0.15) is 39.5 Å². The lowest BCUT2D eigenvalue weighted by Gasteiger charge is -2.24. The van der Waals surface area contributed by atoms with Gasteiger partial charge in [0.1, 0.15) is 0 Å². The van der Waals surface area contributed by atoms with Crippen molar-refractivity contribution in [2.24, 2.45) is 5.41 Å². The van der Waals surface area contributed by atoms with Crippen LogP contribution >= 0.6 is 0 Å². The fourth-order valence-corrected chi connectivity index (χ4v) is 2.03. The largest absolute Gasteiger partial charge is 0.385 e. The third-order valence-electron chi connectivity index (χ3n) is 3.34. The lowest BCUT2D eigenvalue weighted by atomic mass is 9.89. The molecule has 0 aromatic heterocycles. The van der Waals surface area contributed by atoms with Crippen LogP contribution in [0.4, 0.5) is 0 Å². The summed E-state index contributed by atoms with van der Waals surface area (Å²) in [6.45, 7) is 6.83. The van der Waals surface area contributed by atoms with E-state index in [4.69, 9.17) is 4.74 Å². The minimum Gasteiger partial charge on any atom is -0.385 e. The second-order valence-electron chi connectivity index (χ2n) is 5.68. The predicted octanol–water partition coefficient (Wildman–Crippen LogP) is 1.31. The zero-order valence-electron chi connectivity index (χ0n) is 11.3. The van der Waals surface area contributed by atoms with Crippen LogP contribution in [0, 0.1) is 5.41 Å². The number of methoxy groups -OCH3 is 1. The fourth-order valence-electron chi connectivity index (χ4n) is 2.03. The number of amides is 1. The number of rotatable bonds is 7. The number of carbonyl (C=O) groups excluding carboxylic acids is 1. The van der Waals surface area contributed by atoms with Crippen LogP contribution in [-0.2, 0) is 9.53 Å². The molecule has 1 aliphatic rings. The molecular formula is C13H26N2O2. The molecule has 2 N–H and O–H groups in total. The highest BCUT2D eigenvalue weighted by Gasteiger charge is 2.21. The molecule has 1 unspecified atom stereocenters. The molecule has 4 heteroatoms. The molecule has 4 nitrogen and oxygen atoms in total. The maximum absolute atomic E-state index is 11.7. The molecule has 0 bridgehead atoms. The highest BCUT2D eigenvalue weighted by atomic mass is 16.5. The maximum Gasteiger partial charge on any atom is 0.221 e. The van der Waals surface area contributed by atoms with Crippen molar-refractivity contribution < 1.29 is 9.53 Å². The van der Waals surface area contributed by atoms with E-state index in [0.717, 1.165) is 32.5 Å². The first-order valence-corrected chi connectivity index (χ1v) is 6.52. The van der Waals surface area contributed by atoms with Crippen LogP contribution < -0.4 is 10.6 Å². The molecule has 17 heavy (non-hydrogen) atoms. The van der Waals surface area contributed by atoms with E-state index in [-0.39, 0.29) is 11.3 Å². The Morgan fingerprint density at radius 1 is 1.53 bits per heavy atom. The third kappa shape index (κ3) is 6.03. The Labute approximate surface area is 104 Å². The van der Waals surface area contributed by atoms with Gasteiger partial charge in [0.05, 0.1) is 0 Å². The summed E-state index contributed by atoms with van der Waals surface area (Å²) in [4.78, 5) is 11.7. The molecule has 0 saturated carbocycles. The zero-order chi connectivity index (χ0) is 12.7. The van der Waals surface area contributed by atoms with Crippen molar-refractivity contribution in [2.75, 3.05) is 26.8 Å². The summed E-state index contributed by atoms with van der Waals surface area (Å²) in [5.41, 5.74) is 0.106. The number of ether oxygens (including phenoxy) is 1. The van der Waals surface area contributed by atoms with E-state index >= 15 is 0 Å². The Bertz CT molecular complexity index is 236. The number of hydrogen-bond donors (Lipinski definition) is 2. The first-order valence-electron chi connectivity index (χ1n) is 6.52. The minimum absolute atomic E-state index is 0.106. The summed E-state index contributed by atoms with van der Waals surface area (Å²) >= 11 is 0. The standard InChI is InChI=1S/C13H26N2O2/c1-13(2,6-8-17-3)10-15-12(16)9-11-5-4-7-14-11/h11,14H,4-10H2,1-3H3,(H,15,16). The van der Waals surface area contributed by atoms with Crippen molar-refractivity contribution in [2.45, 2.75) is 45.6 Å². The Balaban J connectivity index is 2.17. The summed E-state index contributed by atoms with van der Waals surface area (Å²) in [6.07, 6.45) is 3.89. The van der Waals surface area contributed by atoms with Crippen molar-refractivity contribution in [3.05, 3.63) is 0 Å². The molecule has 1 aliphatic heterocycles. The molecule has 1 rings (SSSR count). The molecule has 1 saturated heterocycles.